The Hall–Kier alpha value is -1.95. The van der Waals surface area contributed by atoms with Crippen molar-refractivity contribution in [2.75, 3.05) is 5.32 Å². The summed E-state index contributed by atoms with van der Waals surface area (Å²) in [6.07, 6.45) is 0. The van der Waals surface area contributed by atoms with E-state index >= 15 is 0 Å². The third kappa shape index (κ3) is 3.14. The van der Waals surface area contributed by atoms with E-state index in [4.69, 9.17) is 5.73 Å². The van der Waals surface area contributed by atoms with Crippen molar-refractivity contribution in [1.29, 1.82) is 0 Å². The van der Waals surface area contributed by atoms with Crippen LogP contribution in [0.4, 0.5) is 14.5 Å². The number of amides is 1. The van der Waals surface area contributed by atoms with Gasteiger partial charge in [0.2, 0.25) is 5.91 Å². The standard InChI is InChI=1S/C14H11BrF2N2O/c15-9-6-5-8(7-11(9)17)13(14(18)20)19-12-4-2-1-3-10(12)16/h1-7,13,19H,(H2,18,20). The lowest BCUT2D eigenvalue weighted by Gasteiger charge is -2.18. The highest BCUT2D eigenvalue weighted by Crippen LogP contribution is 2.25. The molecule has 0 spiro atoms. The van der Waals surface area contributed by atoms with E-state index in [1.165, 1.54) is 36.4 Å². The van der Waals surface area contributed by atoms with Crippen LogP contribution in [0.1, 0.15) is 11.6 Å². The fraction of sp³-hybridized carbons (Fsp3) is 0.0714. The van der Waals surface area contributed by atoms with Crippen molar-refractivity contribution in [2.45, 2.75) is 6.04 Å². The fourth-order valence-corrected chi connectivity index (χ4v) is 1.99. The number of para-hydroxylation sites is 1. The molecule has 1 unspecified atom stereocenters. The zero-order valence-corrected chi connectivity index (χ0v) is 11.8. The molecule has 2 rings (SSSR count). The summed E-state index contributed by atoms with van der Waals surface area (Å²) < 4.78 is 27.4. The molecule has 20 heavy (non-hydrogen) atoms. The fourth-order valence-electron chi connectivity index (χ4n) is 1.74. The highest BCUT2D eigenvalue weighted by atomic mass is 79.9. The quantitative estimate of drug-likeness (QED) is 0.896. The molecule has 0 fully saturated rings. The van der Waals surface area contributed by atoms with E-state index in [1.807, 2.05) is 0 Å². The van der Waals surface area contributed by atoms with Gasteiger partial charge in [-0.05, 0) is 45.8 Å². The summed E-state index contributed by atoms with van der Waals surface area (Å²) in [4.78, 5) is 11.5. The number of halogens is 3. The van der Waals surface area contributed by atoms with Crippen LogP contribution in [0.3, 0.4) is 0 Å². The monoisotopic (exact) mass is 340 g/mol. The lowest BCUT2D eigenvalue weighted by atomic mass is 10.1. The molecule has 0 saturated carbocycles. The van der Waals surface area contributed by atoms with E-state index in [1.54, 1.807) is 6.07 Å². The first-order valence-electron chi connectivity index (χ1n) is 5.74. The molecule has 1 atom stereocenters. The second-order valence-corrected chi connectivity index (χ2v) is 4.99. The summed E-state index contributed by atoms with van der Waals surface area (Å²) in [6.45, 7) is 0. The number of hydrogen-bond acceptors (Lipinski definition) is 2. The highest BCUT2D eigenvalue weighted by Gasteiger charge is 2.20. The molecule has 3 N–H and O–H groups in total. The number of primary amides is 1. The molecule has 2 aromatic carbocycles. The van der Waals surface area contributed by atoms with Crippen LogP contribution >= 0.6 is 15.9 Å². The van der Waals surface area contributed by atoms with Crippen molar-refractivity contribution in [3.05, 3.63) is 64.1 Å². The molecule has 0 heterocycles. The van der Waals surface area contributed by atoms with Gasteiger partial charge in [-0.1, -0.05) is 18.2 Å². The summed E-state index contributed by atoms with van der Waals surface area (Å²) in [7, 11) is 0. The van der Waals surface area contributed by atoms with Crippen LogP contribution < -0.4 is 11.1 Å². The molecule has 0 bridgehead atoms. The lowest BCUT2D eigenvalue weighted by Crippen LogP contribution is -2.28. The zero-order chi connectivity index (χ0) is 14.7. The number of carbonyl (C=O) groups is 1. The van der Waals surface area contributed by atoms with E-state index in [-0.39, 0.29) is 10.2 Å². The molecule has 6 heteroatoms. The first-order valence-corrected chi connectivity index (χ1v) is 6.53. The molecule has 1 amide bonds. The van der Waals surface area contributed by atoms with Gasteiger partial charge in [-0.25, -0.2) is 8.78 Å². The number of anilines is 1. The Labute approximate surface area is 122 Å². The Kier molecular flexibility index (Phi) is 4.34. The van der Waals surface area contributed by atoms with Crippen molar-refractivity contribution in [3.63, 3.8) is 0 Å². The summed E-state index contributed by atoms with van der Waals surface area (Å²) in [5.74, 6) is -1.77. The Morgan fingerprint density at radius 1 is 1.15 bits per heavy atom. The van der Waals surface area contributed by atoms with E-state index in [2.05, 4.69) is 21.2 Å². The maximum Gasteiger partial charge on any atom is 0.244 e. The molecule has 0 aliphatic heterocycles. The second-order valence-electron chi connectivity index (χ2n) is 4.13. The van der Waals surface area contributed by atoms with Crippen molar-refractivity contribution in [2.24, 2.45) is 5.73 Å². The molecule has 0 aliphatic rings. The number of nitrogens with one attached hydrogen (secondary N) is 1. The first-order chi connectivity index (χ1) is 9.49. The molecule has 0 aliphatic carbocycles. The largest absolute Gasteiger partial charge is 0.368 e. The number of nitrogens with two attached hydrogens (primary N) is 1. The average Bonchev–Trinajstić information content (AvgIpc) is 2.41. The maximum absolute atomic E-state index is 13.6. The molecule has 104 valence electrons. The smallest absolute Gasteiger partial charge is 0.244 e. The number of carbonyl (C=O) groups excluding carboxylic acids is 1. The van der Waals surface area contributed by atoms with Gasteiger partial charge in [0.1, 0.15) is 17.7 Å². The van der Waals surface area contributed by atoms with Crippen molar-refractivity contribution >= 4 is 27.5 Å². The minimum atomic E-state index is -1.02. The molecule has 0 aromatic heterocycles. The summed E-state index contributed by atoms with van der Waals surface area (Å²) in [5, 5.41) is 2.68. The van der Waals surface area contributed by atoms with Gasteiger partial charge in [-0.3, -0.25) is 4.79 Å². The van der Waals surface area contributed by atoms with Crippen LogP contribution in [-0.4, -0.2) is 5.91 Å². The predicted octanol–water partition coefficient (Wildman–Crippen LogP) is 3.37. The Bertz CT molecular complexity index is 649. The van der Waals surface area contributed by atoms with Gasteiger partial charge in [0.05, 0.1) is 10.2 Å². The van der Waals surface area contributed by atoms with E-state index in [0.717, 1.165) is 0 Å². The van der Waals surface area contributed by atoms with Crippen LogP contribution in [-0.2, 0) is 4.79 Å². The normalized spacial score (nSPS) is 11.9. The first kappa shape index (κ1) is 14.5. The minimum absolute atomic E-state index is 0.125. The molecule has 3 nitrogen and oxygen atoms in total. The molecule has 0 saturated heterocycles. The number of hydrogen-bond donors (Lipinski definition) is 2. The van der Waals surface area contributed by atoms with Gasteiger partial charge in [0, 0.05) is 0 Å². The Morgan fingerprint density at radius 2 is 1.85 bits per heavy atom. The van der Waals surface area contributed by atoms with Crippen molar-refractivity contribution in [1.82, 2.24) is 0 Å². The second kappa shape index (κ2) is 6.00. The predicted molar refractivity (Wildman–Crippen MR) is 76.1 cm³/mol. The average molecular weight is 341 g/mol. The van der Waals surface area contributed by atoms with E-state index in [9.17, 15) is 13.6 Å². The van der Waals surface area contributed by atoms with Gasteiger partial charge >= 0.3 is 0 Å². The third-order valence-corrected chi connectivity index (χ3v) is 3.38. The van der Waals surface area contributed by atoms with Gasteiger partial charge in [-0.2, -0.15) is 0 Å². The van der Waals surface area contributed by atoms with Gasteiger partial charge < -0.3 is 11.1 Å². The van der Waals surface area contributed by atoms with Crippen molar-refractivity contribution in [3.8, 4) is 0 Å². The van der Waals surface area contributed by atoms with E-state index < -0.39 is 23.6 Å². The van der Waals surface area contributed by atoms with Gasteiger partial charge in [-0.15, -0.1) is 0 Å². The van der Waals surface area contributed by atoms with Crippen LogP contribution in [0.5, 0.6) is 0 Å². The van der Waals surface area contributed by atoms with Crippen LogP contribution in [0, 0.1) is 11.6 Å². The lowest BCUT2D eigenvalue weighted by molar-refractivity contribution is -0.118. The van der Waals surface area contributed by atoms with Gasteiger partial charge in [0.25, 0.3) is 0 Å². The Balaban J connectivity index is 2.34. The van der Waals surface area contributed by atoms with Crippen LogP contribution in [0.25, 0.3) is 0 Å². The summed E-state index contributed by atoms with van der Waals surface area (Å²) >= 11 is 3.02. The van der Waals surface area contributed by atoms with E-state index in [0.29, 0.717) is 5.56 Å². The Morgan fingerprint density at radius 3 is 2.45 bits per heavy atom. The maximum atomic E-state index is 13.6. The summed E-state index contributed by atoms with van der Waals surface area (Å²) in [5.41, 5.74) is 5.74. The molecule has 0 radical (unpaired) electrons. The molecule has 2 aromatic rings. The number of rotatable bonds is 4. The SMILES string of the molecule is NC(=O)C(Nc1ccccc1F)c1ccc(Br)c(F)c1. The number of benzene rings is 2. The molecular weight excluding hydrogens is 330 g/mol. The van der Waals surface area contributed by atoms with Crippen LogP contribution in [0.2, 0.25) is 0 Å². The third-order valence-electron chi connectivity index (χ3n) is 2.74. The van der Waals surface area contributed by atoms with Crippen LogP contribution in [0.15, 0.2) is 46.9 Å². The van der Waals surface area contributed by atoms with Crippen molar-refractivity contribution < 1.29 is 13.6 Å². The summed E-state index contributed by atoms with van der Waals surface area (Å²) in [6, 6.07) is 9.02. The molecular formula is C14H11BrF2N2O. The topological polar surface area (TPSA) is 55.1 Å². The zero-order valence-electron chi connectivity index (χ0n) is 10.2. The minimum Gasteiger partial charge on any atom is -0.368 e. The highest BCUT2D eigenvalue weighted by molar-refractivity contribution is 9.10. The van der Waals surface area contributed by atoms with Gasteiger partial charge in [0.15, 0.2) is 0 Å².